The Morgan fingerprint density at radius 2 is 1.37 bits per heavy atom. The van der Waals surface area contributed by atoms with Crippen LogP contribution in [0.15, 0.2) is 103 Å². The molecule has 0 heterocycles. The summed E-state index contributed by atoms with van der Waals surface area (Å²) >= 11 is 0. The highest BCUT2D eigenvalue weighted by Gasteiger charge is 2.16. The summed E-state index contributed by atoms with van der Waals surface area (Å²) in [6.45, 7) is 5.92. The van der Waals surface area contributed by atoms with Crippen LogP contribution in [0.4, 0.5) is 0 Å². The van der Waals surface area contributed by atoms with Gasteiger partial charge in [0.15, 0.2) is 0 Å². The first kappa shape index (κ1) is 24.3. The van der Waals surface area contributed by atoms with E-state index in [4.69, 9.17) is 15.2 Å². The molecule has 4 aromatic carbocycles. The topological polar surface area (TPSA) is 44.5 Å². The SMILES string of the molecule is CC/C(=C(\c1ccc(OCc2ccccc2)cc1)c1ccc(OCCN)cc1C)c1ccccc1. The lowest BCUT2D eigenvalue weighted by Crippen LogP contribution is -2.10. The molecule has 0 unspecified atom stereocenters. The number of hydrogen-bond donors (Lipinski definition) is 1. The van der Waals surface area contributed by atoms with Crippen molar-refractivity contribution in [2.45, 2.75) is 26.9 Å². The highest BCUT2D eigenvalue weighted by atomic mass is 16.5. The highest BCUT2D eigenvalue weighted by Crippen LogP contribution is 2.37. The zero-order valence-electron chi connectivity index (χ0n) is 20.5. The first-order chi connectivity index (χ1) is 17.2. The molecule has 0 saturated carbocycles. The lowest BCUT2D eigenvalue weighted by molar-refractivity contribution is 0.306. The maximum absolute atomic E-state index is 6.04. The van der Waals surface area contributed by atoms with Crippen LogP contribution in [-0.4, -0.2) is 13.2 Å². The molecule has 3 nitrogen and oxygen atoms in total. The van der Waals surface area contributed by atoms with Crippen molar-refractivity contribution in [2.24, 2.45) is 5.73 Å². The number of aryl methyl sites for hydroxylation is 1. The van der Waals surface area contributed by atoms with Gasteiger partial charge >= 0.3 is 0 Å². The molecule has 2 N–H and O–H groups in total. The lowest BCUT2D eigenvalue weighted by atomic mass is 9.86. The van der Waals surface area contributed by atoms with Gasteiger partial charge in [-0.15, -0.1) is 0 Å². The molecule has 0 radical (unpaired) electrons. The maximum Gasteiger partial charge on any atom is 0.119 e. The molecule has 178 valence electrons. The molecular formula is C32H33NO2. The fourth-order valence-electron chi connectivity index (χ4n) is 4.30. The van der Waals surface area contributed by atoms with E-state index < -0.39 is 0 Å². The molecule has 0 aliphatic rings. The van der Waals surface area contributed by atoms with Gasteiger partial charge in [-0.3, -0.25) is 0 Å². The summed E-state index contributed by atoms with van der Waals surface area (Å²) in [5.74, 6) is 1.70. The lowest BCUT2D eigenvalue weighted by Gasteiger charge is -2.19. The third-order valence-corrected chi connectivity index (χ3v) is 6.02. The smallest absolute Gasteiger partial charge is 0.119 e. The molecule has 0 aliphatic carbocycles. The molecule has 0 bridgehead atoms. The van der Waals surface area contributed by atoms with Crippen LogP contribution in [0.2, 0.25) is 0 Å². The molecule has 4 aromatic rings. The van der Waals surface area contributed by atoms with Gasteiger partial charge in [-0.25, -0.2) is 0 Å². The van der Waals surface area contributed by atoms with E-state index in [2.05, 4.69) is 92.7 Å². The second kappa shape index (κ2) is 12.0. The number of rotatable bonds is 10. The van der Waals surface area contributed by atoms with Gasteiger partial charge in [0.2, 0.25) is 0 Å². The van der Waals surface area contributed by atoms with Crippen LogP contribution < -0.4 is 15.2 Å². The first-order valence-electron chi connectivity index (χ1n) is 12.2. The number of allylic oxidation sites excluding steroid dienone is 1. The van der Waals surface area contributed by atoms with Crippen LogP contribution in [-0.2, 0) is 6.61 Å². The van der Waals surface area contributed by atoms with Crippen molar-refractivity contribution in [3.05, 3.63) is 131 Å². The van der Waals surface area contributed by atoms with Crippen molar-refractivity contribution in [3.8, 4) is 11.5 Å². The van der Waals surface area contributed by atoms with Crippen LogP contribution >= 0.6 is 0 Å². The van der Waals surface area contributed by atoms with E-state index in [0.717, 1.165) is 29.0 Å². The average Bonchev–Trinajstić information content (AvgIpc) is 2.91. The standard InChI is InChI=1S/C32H33NO2/c1-3-30(26-12-8-5-9-13-26)32(31-19-18-29(22-24(31)2)34-21-20-33)27-14-16-28(17-15-27)35-23-25-10-6-4-7-11-25/h4-19,22H,3,20-21,23,33H2,1-2H3/b32-30-. The van der Waals surface area contributed by atoms with Crippen LogP contribution in [0.3, 0.4) is 0 Å². The quantitative estimate of drug-likeness (QED) is 0.251. The van der Waals surface area contributed by atoms with Gasteiger partial charge in [0.1, 0.15) is 24.7 Å². The normalized spacial score (nSPS) is 11.6. The zero-order chi connectivity index (χ0) is 24.5. The Labute approximate surface area is 208 Å². The second-order valence-electron chi connectivity index (χ2n) is 8.49. The number of benzene rings is 4. The molecule has 0 aliphatic heterocycles. The minimum Gasteiger partial charge on any atom is -0.492 e. The van der Waals surface area contributed by atoms with Crippen molar-refractivity contribution in [1.82, 2.24) is 0 Å². The summed E-state index contributed by atoms with van der Waals surface area (Å²) in [7, 11) is 0. The Bertz CT molecular complexity index is 1250. The molecule has 3 heteroatoms. The van der Waals surface area contributed by atoms with E-state index in [0.29, 0.717) is 19.8 Å². The van der Waals surface area contributed by atoms with E-state index in [1.54, 1.807) is 0 Å². The van der Waals surface area contributed by atoms with Gasteiger partial charge in [0.05, 0.1) is 0 Å². The monoisotopic (exact) mass is 463 g/mol. The van der Waals surface area contributed by atoms with Gasteiger partial charge in [0.25, 0.3) is 0 Å². The van der Waals surface area contributed by atoms with Crippen molar-refractivity contribution in [2.75, 3.05) is 13.2 Å². The first-order valence-corrected chi connectivity index (χ1v) is 12.2. The summed E-state index contributed by atoms with van der Waals surface area (Å²) < 4.78 is 11.8. The second-order valence-corrected chi connectivity index (χ2v) is 8.49. The molecule has 4 rings (SSSR count). The molecule has 35 heavy (non-hydrogen) atoms. The number of ether oxygens (including phenoxy) is 2. The molecule has 0 spiro atoms. The predicted octanol–water partition coefficient (Wildman–Crippen LogP) is 7.28. The van der Waals surface area contributed by atoms with Crippen molar-refractivity contribution in [3.63, 3.8) is 0 Å². The molecule has 0 atom stereocenters. The van der Waals surface area contributed by atoms with Gasteiger partial charge < -0.3 is 15.2 Å². The fraction of sp³-hybridized carbons (Fsp3) is 0.188. The van der Waals surface area contributed by atoms with Crippen LogP contribution in [0.1, 0.15) is 41.2 Å². The molecule has 0 amide bonds. The minimum atomic E-state index is 0.499. The highest BCUT2D eigenvalue weighted by molar-refractivity contribution is 5.99. The van der Waals surface area contributed by atoms with E-state index in [1.165, 1.54) is 27.8 Å². The zero-order valence-corrected chi connectivity index (χ0v) is 20.5. The Hall–Kier alpha value is -3.82. The van der Waals surface area contributed by atoms with E-state index in [1.807, 2.05) is 24.3 Å². The predicted molar refractivity (Wildman–Crippen MR) is 146 cm³/mol. The summed E-state index contributed by atoms with van der Waals surface area (Å²) in [5.41, 5.74) is 14.1. The largest absolute Gasteiger partial charge is 0.492 e. The Morgan fingerprint density at radius 3 is 2.00 bits per heavy atom. The Kier molecular flexibility index (Phi) is 8.37. The Balaban J connectivity index is 1.72. The third-order valence-electron chi connectivity index (χ3n) is 6.02. The summed E-state index contributed by atoms with van der Waals surface area (Å²) in [6.07, 6.45) is 0.913. The van der Waals surface area contributed by atoms with Gasteiger partial charge in [-0.05, 0) is 76.6 Å². The summed E-state index contributed by atoms with van der Waals surface area (Å²) in [6, 6.07) is 35.6. The maximum atomic E-state index is 6.04. The number of hydrogen-bond acceptors (Lipinski definition) is 3. The summed E-state index contributed by atoms with van der Waals surface area (Å²) in [4.78, 5) is 0. The van der Waals surface area contributed by atoms with Crippen LogP contribution in [0.5, 0.6) is 11.5 Å². The van der Waals surface area contributed by atoms with E-state index in [-0.39, 0.29) is 0 Å². The number of nitrogens with two attached hydrogens (primary N) is 1. The van der Waals surface area contributed by atoms with Crippen molar-refractivity contribution in [1.29, 1.82) is 0 Å². The van der Waals surface area contributed by atoms with Gasteiger partial charge in [-0.2, -0.15) is 0 Å². The molecular weight excluding hydrogens is 430 g/mol. The van der Waals surface area contributed by atoms with E-state index >= 15 is 0 Å². The minimum absolute atomic E-state index is 0.499. The molecule has 0 fully saturated rings. The van der Waals surface area contributed by atoms with Crippen molar-refractivity contribution >= 4 is 11.1 Å². The van der Waals surface area contributed by atoms with Crippen LogP contribution in [0, 0.1) is 6.92 Å². The molecule has 0 saturated heterocycles. The van der Waals surface area contributed by atoms with Crippen molar-refractivity contribution < 1.29 is 9.47 Å². The average molecular weight is 464 g/mol. The Morgan fingerprint density at radius 1 is 0.714 bits per heavy atom. The summed E-state index contributed by atoms with van der Waals surface area (Å²) in [5, 5.41) is 0. The van der Waals surface area contributed by atoms with Gasteiger partial charge in [-0.1, -0.05) is 85.8 Å². The molecule has 0 aromatic heterocycles. The third kappa shape index (κ3) is 6.20. The van der Waals surface area contributed by atoms with Gasteiger partial charge in [0, 0.05) is 6.54 Å². The fourth-order valence-corrected chi connectivity index (χ4v) is 4.30. The van der Waals surface area contributed by atoms with Crippen LogP contribution in [0.25, 0.3) is 11.1 Å². The van der Waals surface area contributed by atoms with E-state index in [9.17, 15) is 0 Å².